The van der Waals surface area contributed by atoms with E-state index in [1.807, 2.05) is 0 Å². The molecule has 10 heteroatoms. The molecule has 132 valence electrons. The number of carbonyl (C=O) groups excluding carboxylic acids is 2. The fourth-order valence-electron chi connectivity index (χ4n) is 2.50. The standard InChI is InChI=1S/C14H15F3N2O5/c1-2-24-11(21)9-10(7-3-5-8(20)6-4-7)18-12(22)19-13(9,23)14(15,16)17/h3-6,9-10,20,23H,2H2,1H3,(H2,18,19,22)/t9-,10-,13-/m0/s1. The van der Waals surface area contributed by atoms with Gasteiger partial charge < -0.3 is 25.6 Å². The highest BCUT2D eigenvalue weighted by molar-refractivity contribution is 5.83. The molecule has 1 aromatic carbocycles. The Morgan fingerprint density at radius 2 is 1.92 bits per heavy atom. The topological polar surface area (TPSA) is 108 Å². The molecule has 0 radical (unpaired) electrons. The van der Waals surface area contributed by atoms with Crippen molar-refractivity contribution in [2.75, 3.05) is 6.61 Å². The molecule has 1 aliphatic rings. The maximum atomic E-state index is 13.4. The van der Waals surface area contributed by atoms with Crippen LogP contribution in [-0.4, -0.2) is 40.7 Å². The lowest BCUT2D eigenvalue weighted by Crippen LogP contribution is -2.73. The van der Waals surface area contributed by atoms with E-state index in [4.69, 9.17) is 0 Å². The van der Waals surface area contributed by atoms with Crippen LogP contribution in [0.15, 0.2) is 24.3 Å². The molecular formula is C14H15F3N2O5. The first kappa shape index (κ1) is 17.9. The van der Waals surface area contributed by atoms with Crippen molar-refractivity contribution in [2.45, 2.75) is 24.9 Å². The molecule has 1 aliphatic heterocycles. The van der Waals surface area contributed by atoms with Crippen molar-refractivity contribution in [3.63, 3.8) is 0 Å². The molecule has 0 aliphatic carbocycles. The number of phenols is 1. The van der Waals surface area contributed by atoms with Crippen LogP contribution >= 0.6 is 0 Å². The summed E-state index contributed by atoms with van der Waals surface area (Å²) in [6, 6.07) is 2.01. The minimum atomic E-state index is -5.32. The first-order valence-electron chi connectivity index (χ1n) is 6.93. The monoisotopic (exact) mass is 348 g/mol. The largest absolute Gasteiger partial charge is 0.508 e. The number of benzene rings is 1. The predicted molar refractivity (Wildman–Crippen MR) is 73.6 cm³/mol. The summed E-state index contributed by atoms with van der Waals surface area (Å²) in [7, 11) is 0. The average Bonchev–Trinajstić information content (AvgIpc) is 2.46. The number of phenolic OH excluding ortho intramolecular Hbond substituents is 1. The van der Waals surface area contributed by atoms with Crippen LogP contribution in [0.4, 0.5) is 18.0 Å². The lowest BCUT2D eigenvalue weighted by molar-refractivity contribution is -0.294. The summed E-state index contributed by atoms with van der Waals surface area (Å²) in [6.45, 7) is 1.19. The summed E-state index contributed by atoms with van der Waals surface area (Å²) in [5, 5.41) is 22.9. The van der Waals surface area contributed by atoms with Crippen LogP contribution in [0.1, 0.15) is 18.5 Å². The van der Waals surface area contributed by atoms with Crippen LogP contribution in [0, 0.1) is 5.92 Å². The van der Waals surface area contributed by atoms with Crippen molar-refractivity contribution >= 4 is 12.0 Å². The quantitative estimate of drug-likeness (QED) is 0.614. The molecule has 0 bridgehead atoms. The summed E-state index contributed by atoms with van der Waals surface area (Å²) >= 11 is 0. The number of rotatable bonds is 3. The van der Waals surface area contributed by atoms with Gasteiger partial charge in [-0.05, 0) is 24.6 Å². The predicted octanol–water partition coefficient (Wildman–Crippen LogP) is 1.18. The van der Waals surface area contributed by atoms with Crippen molar-refractivity contribution in [3.05, 3.63) is 29.8 Å². The summed E-state index contributed by atoms with van der Waals surface area (Å²) in [5.74, 6) is -3.67. The van der Waals surface area contributed by atoms with E-state index in [9.17, 15) is 33.0 Å². The van der Waals surface area contributed by atoms with E-state index < -0.39 is 35.9 Å². The second-order valence-electron chi connectivity index (χ2n) is 5.16. The van der Waals surface area contributed by atoms with Gasteiger partial charge in [0.05, 0.1) is 12.6 Å². The third-order valence-corrected chi connectivity index (χ3v) is 3.60. The van der Waals surface area contributed by atoms with Gasteiger partial charge in [0.25, 0.3) is 5.72 Å². The van der Waals surface area contributed by atoms with Crippen molar-refractivity contribution in [3.8, 4) is 5.75 Å². The number of urea groups is 1. The van der Waals surface area contributed by atoms with Crippen LogP contribution < -0.4 is 10.6 Å². The van der Waals surface area contributed by atoms with Crippen molar-refractivity contribution in [2.24, 2.45) is 5.92 Å². The number of hydrogen-bond acceptors (Lipinski definition) is 5. The average molecular weight is 348 g/mol. The van der Waals surface area contributed by atoms with E-state index in [0.717, 1.165) is 0 Å². The zero-order chi connectivity index (χ0) is 18.1. The molecule has 1 aromatic rings. The van der Waals surface area contributed by atoms with Gasteiger partial charge in [0.15, 0.2) is 0 Å². The van der Waals surface area contributed by atoms with Gasteiger partial charge in [-0.2, -0.15) is 13.2 Å². The minimum absolute atomic E-state index is 0.0865. The fourth-order valence-corrected chi connectivity index (χ4v) is 2.50. The smallest absolute Gasteiger partial charge is 0.437 e. The Balaban J connectivity index is 2.55. The number of nitrogens with one attached hydrogen (secondary N) is 2. The molecule has 1 saturated heterocycles. The molecule has 0 saturated carbocycles. The third-order valence-electron chi connectivity index (χ3n) is 3.60. The number of esters is 1. The van der Waals surface area contributed by atoms with Crippen LogP contribution in [-0.2, 0) is 9.53 Å². The second kappa shape index (κ2) is 6.19. The maximum absolute atomic E-state index is 13.4. The molecule has 3 atom stereocenters. The van der Waals surface area contributed by atoms with Gasteiger partial charge in [0.2, 0.25) is 0 Å². The normalized spacial score (nSPS) is 27.1. The summed E-state index contributed by atoms with van der Waals surface area (Å²) in [5.41, 5.74) is -3.71. The third kappa shape index (κ3) is 3.09. The number of hydrogen-bond donors (Lipinski definition) is 4. The Kier molecular flexibility index (Phi) is 4.61. The highest BCUT2D eigenvalue weighted by atomic mass is 19.4. The Morgan fingerprint density at radius 1 is 1.33 bits per heavy atom. The van der Waals surface area contributed by atoms with E-state index >= 15 is 0 Å². The number of carbonyl (C=O) groups is 2. The van der Waals surface area contributed by atoms with Gasteiger partial charge >= 0.3 is 18.2 Å². The molecule has 1 fully saturated rings. The van der Waals surface area contributed by atoms with Gasteiger partial charge in [-0.1, -0.05) is 12.1 Å². The van der Waals surface area contributed by atoms with Gasteiger partial charge in [-0.25, -0.2) is 4.79 Å². The van der Waals surface area contributed by atoms with Crippen LogP contribution in [0.25, 0.3) is 0 Å². The molecule has 0 aromatic heterocycles. The Hall–Kier alpha value is -2.49. The number of aliphatic hydroxyl groups is 1. The van der Waals surface area contributed by atoms with E-state index in [1.165, 1.54) is 36.5 Å². The molecule has 2 rings (SSSR count). The number of halogens is 3. The van der Waals surface area contributed by atoms with Gasteiger partial charge in [-0.3, -0.25) is 4.79 Å². The lowest BCUT2D eigenvalue weighted by atomic mass is 9.82. The molecule has 0 unspecified atom stereocenters. The van der Waals surface area contributed by atoms with Crippen LogP contribution in [0.3, 0.4) is 0 Å². The molecule has 4 N–H and O–H groups in total. The Morgan fingerprint density at radius 3 is 2.42 bits per heavy atom. The zero-order valence-corrected chi connectivity index (χ0v) is 12.4. The highest BCUT2D eigenvalue weighted by Gasteiger charge is 2.67. The SMILES string of the molecule is CCOC(=O)[C@@H]1[C@H](c2ccc(O)cc2)NC(=O)N[C@@]1(O)C(F)(F)F. The summed E-state index contributed by atoms with van der Waals surface area (Å²) < 4.78 is 44.7. The molecule has 7 nitrogen and oxygen atoms in total. The fraction of sp³-hybridized carbons (Fsp3) is 0.429. The number of alkyl halides is 3. The van der Waals surface area contributed by atoms with Crippen molar-refractivity contribution in [1.82, 2.24) is 10.6 Å². The maximum Gasteiger partial charge on any atom is 0.437 e. The molecule has 24 heavy (non-hydrogen) atoms. The summed E-state index contributed by atoms with van der Waals surface area (Å²) in [4.78, 5) is 23.7. The first-order chi connectivity index (χ1) is 11.1. The molecule has 0 spiro atoms. The lowest BCUT2D eigenvalue weighted by Gasteiger charge is -2.44. The Bertz CT molecular complexity index is 634. The van der Waals surface area contributed by atoms with Crippen LogP contribution in [0.2, 0.25) is 0 Å². The van der Waals surface area contributed by atoms with Gasteiger partial charge in [-0.15, -0.1) is 0 Å². The van der Waals surface area contributed by atoms with Gasteiger partial charge in [0, 0.05) is 0 Å². The number of amides is 2. The number of ether oxygens (including phenoxy) is 1. The second-order valence-corrected chi connectivity index (χ2v) is 5.16. The van der Waals surface area contributed by atoms with E-state index in [0.29, 0.717) is 0 Å². The first-order valence-corrected chi connectivity index (χ1v) is 6.93. The molecular weight excluding hydrogens is 333 g/mol. The van der Waals surface area contributed by atoms with Crippen molar-refractivity contribution < 1.29 is 37.7 Å². The van der Waals surface area contributed by atoms with E-state index in [1.54, 1.807) is 0 Å². The van der Waals surface area contributed by atoms with E-state index in [-0.39, 0.29) is 17.9 Å². The molecule has 1 heterocycles. The number of aromatic hydroxyl groups is 1. The summed E-state index contributed by atoms with van der Waals surface area (Å²) in [6.07, 6.45) is -5.32. The highest BCUT2D eigenvalue weighted by Crippen LogP contribution is 2.43. The van der Waals surface area contributed by atoms with E-state index in [2.05, 4.69) is 10.1 Å². The zero-order valence-electron chi connectivity index (χ0n) is 12.4. The molecule has 2 amide bonds. The minimum Gasteiger partial charge on any atom is -0.508 e. The van der Waals surface area contributed by atoms with Crippen LogP contribution in [0.5, 0.6) is 5.75 Å². The van der Waals surface area contributed by atoms with Crippen molar-refractivity contribution in [1.29, 1.82) is 0 Å². The Labute approximate surface area is 134 Å². The van der Waals surface area contributed by atoms with Gasteiger partial charge in [0.1, 0.15) is 11.7 Å².